The summed E-state index contributed by atoms with van der Waals surface area (Å²) < 4.78 is 113. The Morgan fingerprint density at radius 3 is 1.59 bits per heavy atom. The van der Waals surface area contributed by atoms with Crippen molar-refractivity contribution in [1.29, 1.82) is 0 Å². The average molecular weight is 297 g/mol. The van der Waals surface area contributed by atoms with Crippen LogP contribution in [-0.2, 0) is 14.6 Å². The van der Waals surface area contributed by atoms with E-state index in [1.165, 1.54) is 0 Å². The zero-order valence-electron chi connectivity index (χ0n) is 7.64. The second kappa shape index (κ2) is 4.91. The second-order valence-electron chi connectivity index (χ2n) is 2.47. The van der Waals surface area contributed by atoms with E-state index in [9.17, 15) is 39.2 Å². The molecule has 0 rings (SSSR count). The first-order valence-corrected chi connectivity index (χ1v) is 4.51. The van der Waals surface area contributed by atoms with E-state index in [0.29, 0.717) is 0 Å². The van der Waals surface area contributed by atoms with Gasteiger partial charge in [0, 0.05) is 0 Å². The molecular formula is C4H6F7NO4S. The van der Waals surface area contributed by atoms with E-state index in [4.69, 9.17) is 4.55 Å². The van der Waals surface area contributed by atoms with Crippen molar-refractivity contribution in [2.45, 2.75) is 18.0 Å². The maximum atomic E-state index is 12.3. The van der Waals surface area contributed by atoms with E-state index in [1.807, 2.05) is 0 Å². The summed E-state index contributed by atoms with van der Waals surface area (Å²) in [6.45, 7) is -2.83. The Morgan fingerprint density at radius 1 is 1.00 bits per heavy atom. The Hall–Kier alpha value is -0.660. The standard InChI is InChI=1S/C4H3F7O4S.H3N/c5-2(6,1-15-16(12,13)14)3(7,8)4(9,10)11;/h1H2,(H,12,13,14);1H3. The third kappa shape index (κ3) is 4.61. The molecule has 0 saturated heterocycles. The molecule has 13 heteroatoms. The third-order valence-electron chi connectivity index (χ3n) is 1.20. The van der Waals surface area contributed by atoms with Gasteiger partial charge in [0.25, 0.3) is 0 Å². The number of rotatable bonds is 4. The van der Waals surface area contributed by atoms with Crippen LogP contribution in [0.2, 0.25) is 0 Å². The van der Waals surface area contributed by atoms with Gasteiger partial charge in [-0.3, -0.25) is 4.55 Å². The van der Waals surface area contributed by atoms with E-state index in [2.05, 4.69) is 4.18 Å². The Labute approximate surface area is 90.1 Å². The van der Waals surface area contributed by atoms with Crippen LogP contribution in [0.25, 0.3) is 0 Å². The van der Waals surface area contributed by atoms with Crippen molar-refractivity contribution >= 4 is 10.4 Å². The predicted molar refractivity (Wildman–Crippen MR) is 38.5 cm³/mol. The number of hydrogen-bond acceptors (Lipinski definition) is 4. The van der Waals surface area contributed by atoms with Crippen molar-refractivity contribution < 1.29 is 47.9 Å². The van der Waals surface area contributed by atoms with Gasteiger partial charge in [-0.1, -0.05) is 0 Å². The van der Waals surface area contributed by atoms with Gasteiger partial charge in [-0.15, -0.1) is 0 Å². The quantitative estimate of drug-likeness (QED) is 0.609. The summed E-state index contributed by atoms with van der Waals surface area (Å²) in [6, 6.07) is 0. The van der Waals surface area contributed by atoms with Crippen molar-refractivity contribution in [3.05, 3.63) is 0 Å². The summed E-state index contributed by atoms with van der Waals surface area (Å²) in [4.78, 5) is 0. The minimum absolute atomic E-state index is 0. The monoisotopic (exact) mass is 297 g/mol. The molecule has 5 nitrogen and oxygen atoms in total. The van der Waals surface area contributed by atoms with Crippen LogP contribution in [0.3, 0.4) is 0 Å². The molecule has 0 spiro atoms. The van der Waals surface area contributed by atoms with Crippen molar-refractivity contribution in [3.8, 4) is 0 Å². The molecule has 0 aliphatic carbocycles. The first kappa shape index (κ1) is 18.7. The lowest BCUT2D eigenvalue weighted by Crippen LogP contribution is -2.54. The van der Waals surface area contributed by atoms with Gasteiger partial charge in [-0.2, -0.15) is 39.2 Å². The Balaban J connectivity index is 0. The Kier molecular flexibility index (Phi) is 5.40. The minimum Gasteiger partial charge on any atom is -0.344 e. The summed E-state index contributed by atoms with van der Waals surface area (Å²) in [6.07, 6.45) is -6.58. The van der Waals surface area contributed by atoms with Gasteiger partial charge in [0.2, 0.25) is 0 Å². The molecule has 106 valence electrons. The largest absolute Gasteiger partial charge is 0.459 e. The molecule has 0 aliphatic rings. The highest BCUT2D eigenvalue weighted by molar-refractivity contribution is 7.80. The topological polar surface area (TPSA) is 98.6 Å². The maximum absolute atomic E-state index is 12.3. The molecule has 0 amide bonds. The van der Waals surface area contributed by atoms with E-state index < -0.39 is 35.0 Å². The highest BCUT2D eigenvalue weighted by Gasteiger charge is 2.73. The zero-order valence-corrected chi connectivity index (χ0v) is 8.46. The van der Waals surface area contributed by atoms with Gasteiger partial charge in [0.05, 0.1) is 0 Å². The van der Waals surface area contributed by atoms with E-state index in [-0.39, 0.29) is 6.15 Å². The van der Waals surface area contributed by atoms with Crippen molar-refractivity contribution in [3.63, 3.8) is 0 Å². The van der Waals surface area contributed by atoms with Crippen LogP contribution in [0.1, 0.15) is 0 Å². The molecule has 0 unspecified atom stereocenters. The molecule has 0 aliphatic heterocycles. The lowest BCUT2D eigenvalue weighted by Gasteiger charge is -2.27. The molecule has 4 N–H and O–H groups in total. The minimum atomic E-state index is -6.58. The number of halogens is 7. The summed E-state index contributed by atoms with van der Waals surface area (Å²) in [5, 5.41) is 0. The fourth-order valence-corrected chi connectivity index (χ4v) is 0.743. The van der Waals surface area contributed by atoms with Gasteiger partial charge in [-0.05, 0) is 0 Å². The number of hydrogen-bond donors (Lipinski definition) is 2. The third-order valence-corrected chi connectivity index (χ3v) is 1.62. The highest BCUT2D eigenvalue weighted by Crippen LogP contribution is 2.46. The summed E-state index contributed by atoms with van der Waals surface area (Å²) in [7, 11) is -5.54. The van der Waals surface area contributed by atoms with Gasteiger partial charge in [0.1, 0.15) is 6.61 Å². The van der Waals surface area contributed by atoms with Gasteiger partial charge in [-0.25, -0.2) is 4.18 Å². The highest BCUT2D eigenvalue weighted by atomic mass is 32.3. The van der Waals surface area contributed by atoms with Crippen LogP contribution in [0.15, 0.2) is 0 Å². The first-order chi connectivity index (χ1) is 6.71. The van der Waals surface area contributed by atoms with Crippen molar-refractivity contribution in [1.82, 2.24) is 6.15 Å². The molecule has 0 fully saturated rings. The molecule has 0 bridgehead atoms. The molecule has 0 aromatic carbocycles. The van der Waals surface area contributed by atoms with Crippen molar-refractivity contribution in [2.75, 3.05) is 6.61 Å². The molecule has 0 heterocycles. The summed E-state index contributed by atoms with van der Waals surface area (Å²) >= 11 is 0. The summed E-state index contributed by atoms with van der Waals surface area (Å²) in [5.74, 6) is -12.3. The van der Waals surface area contributed by atoms with E-state index in [1.54, 1.807) is 0 Å². The molecule has 0 saturated carbocycles. The molecule has 0 aromatic heterocycles. The predicted octanol–water partition coefficient (Wildman–Crippen LogP) is 1.80. The molecule has 17 heavy (non-hydrogen) atoms. The van der Waals surface area contributed by atoms with Gasteiger partial charge >= 0.3 is 28.4 Å². The lowest BCUT2D eigenvalue weighted by molar-refractivity contribution is -0.358. The molecule has 0 radical (unpaired) electrons. The van der Waals surface area contributed by atoms with Crippen LogP contribution >= 0.6 is 0 Å². The number of alkyl halides is 7. The summed E-state index contributed by atoms with van der Waals surface area (Å²) in [5.41, 5.74) is 0. The zero-order chi connectivity index (χ0) is 13.4. The maximum Gasteiger partial charge on any atom is 0.459 e. The van der Waals surface area contributed by atoms with Crippen LogP contribution in [0.5, 0.6) is 0 Å². The Bertz CT molecular complexity index is 349. The lowest BCUT2D eigenvalue weighted by atomic mass is 10.2. The van der Waals surface area contributed by atoms with E-state index in [0.717, 1.165) is 0 Å². The van der Waals surface area contributed by atoms with Crippen LogP contribution in [-0.4, -0.2) is 37.6 Å². The van der Waals surface area contributed by atoms with Gasteiger partial charge < -0.3 is 6.15 Å². The van der Waals surface area contributed by atoms with Gasteiger partial charge in [0.15, 0.2) is 0 Å². The fourth-order valence-electron chi connectivity index (χ4n) is 0.446. The van der Waals surface area contributed by atoms with Crippen molar-refractivity contribution in [2.24, 2.45) is 0 Å². The first-order valence-electron chi connectivity index (χ1n) is 3.15. The fraction of sp³-hybridized carbons (Fsp3) is 1.00. The smallest absolute Gasteiger partial charge is 0.344 e. The SMILES string of the molecule is N.O=S(=O)(O)OCC(F)(F)C(F)(F)C(F)(F)F. The van der Waals surface area contributed by atoms with Crippen LogP contribution in [0, 0.1) is 0 Å². The molecular weight excluding hydrogens is 291 g/mol. The van der Waals surface area contributed by atoms with Crippen LogP contribution < -0.4 is 6.15 Å². The van der Waals surface area contributed by atoms with E-state index >= 15 is 0 Å². The normalized spacial score (nSPS) is 14.4. The second-order valence-corrected chi connectivity index (χ2v) is 3.56. The Morgan fingerprint density at radius 2 is 1.35 bits per heavy atom. The van der Waals surface area contributed by atoms with Crippen LogP contribution in [0.4, 0.5) is 30.7 Å². The molecule has 0 atom stereocenters. The molecule has 0 aromatic rings. The average Bonchev–Trinajstić information content (AvgIpc) is 1.97.